The van der Waals surface area contributed by atoms with E-state index in [1.54, 1.807) is 0 Å². The van der Waals surface area contributed by atoms with Crippen LogP contribution in [0.1, 0.15) is 46.5 Å². The van der Waals surface area contributed by atoms with Gasteiger partial charge in [-0.15, -0.1) is 0 Å². The first-order valence-electron chi connectivity index (χ1n) is 5.86. The summed E-state index contributed by atoms with van der Waals surface area (Å²) in [7, 11) is 0. The van der Waals surface area contributed by atoms with E-state index in [2.05, 4.69) is 26.1 Å². The van der Waals surface area contributed by atoms with Gasteiger partial charge in [-0.25, -0.2) is 0 Å². The molecular formula is C12H23N. The SMILES string of the molecule is CC1CCC2(C1)CC2CNC(C)C. The molecule has 2 rings (SSSR count). The molecule has 1 N–H and O–H groups in total. The van der Waals surface area contributed by atoms with Gasteiger partial charge in [0, 0.05) is 6.04 Å². The lowest BCUT2D eigenvalue weighted by Gasteiger charge is -2.11. The van der Waals surface area contributed by atoms with Crippen molar-refractivity contribution < 1.29 is 0 Å². The molecule has 0 amide bonds. The van der Waals surface area contributed by atoms with Crippen molar-refractivity contribution in [1.29, 1.82) is 0 Å². The molecule has 3 unspecified atom stereocenters. The predicted octanol–water partition coefficient (Wildman–Crippen LogP) is 2.81. The van der Waals surface area contributed by atoms with Gasteiger partial charge in [-0.1, -0.05) is 27.2 Å². The molecule has 13 heavy (non-hydrogen) atoms. The van der Waals surface area contributed by atoms with E-state index in [9.17, 15) is 0 Å². The summed E-state index contributed by atoms with van der Waals surface area (Å²) in [5.41, 5.74) is 0.807. The molecule has 2 fully saturated rings. The van der Waals surface area contributed by atoms with Crippen LogP contribution in [-0.2, 0) is 0 Å². The molecular weight excluding hydrogens is 158 g/mol. The average molecular weight is 181 g/mol. The molecule has 0 saturated heterocycles. The fourth-order valence-corrected chi connectivity index (χ4v) is 3.09. The number of hydrogen-bond donors (Lipinski definition) is 1. The lowest BCUT2D eigenvalue weighted by molar-refractivity contribution is 0.425. The van der Waals surface area contributed by atoms with Gasteiger partial charge in [-0.3, -0.25) is 0 Å². The highest BCUT2D eigenvalue weighted by atomic mass is 14.9. The largest absolute Gasteiger partial charge is 0.314 e. The zero-order valence-corrected chi connectivity index (χ0v) is 9.27. The highest BCUT2D eigenvalue weighted by Crippen LogP contribution is 2.63. The summed E-state index contributed by atoms with van der Waals surface area (Å²) in [4.78, 5) is 0. The van der Waals surface area contributed by atoms with Crippen LogP contribution in [0, 0.1) is 17.3 Å². The van der Waals surface area contributed by atoms with Gasteiger partial charge in [-0.05, 0) is 43.1 Å². The monoisotopic (exact) mass is 181 g/mol. The van der Waals surface area contributed by atoms with E-state index in [1.165, 1.54) is 32.2 Å². The van der Waals surface area contributed by atoms with Gasteiger partial charge in [0.2, 0.25) is 0 Å². The molecule has 1 heteroatoms. The fraction of sp³-hybridized carbons (Fsp3) is 1.00. The maximum atomic E-state index is 3.57. The Morgan fingerprint density at radius 2 is 2.15 bits per heavy atom. The van der Waals surface area contributed by atoms with Crippen LogP contribution in [0.3, 0.4) is 0 Å². The molecule has 0 aliphatic heterocycles. The second kappa shape index (κ2) is 3.27. The summed E-state index contributed by atoms with van der Waals surface area (Å²) in [5, 5.41) is 3.57. The van der Waals surface area contributed by atoms with Crippen molar-refractivity contribution in [3.63, 3.8) is 0 Å². The van der Waals surface area contributed by atoms with Crippen molar-refractivity contribution in [3.8, 4) is 0 Å². The van der Waals surface area contributed by atoms with E-state index in [4.69, 9.17) is 0 Å². The topological polar surface area (TPSA) is 12.0 Å². The van der Waals surface area contributed by atoms with Gasteiger partial charge in [-0.2, -0.15) is 0 Å². The van der Waals surface area contributed by atoms with E-state index in [1.807, 2.05) is 0 Å². The molecule has 76 valence electrons. The Hall–Kier alpha value is -0.0400. The Balaban J connectivity index is 1.75. The van der Waals surface area contributed by atoms with Gasteiger partial charge in [0.25, 0.3) is 0 Å². The quantitative estimate of drug-likeness (QED) is 0.706. The summed E-state index contributed by atoms with van der Waals surface area (Å²) >= 11 is 0. The molecule has 1 spiro atoms. The maximum Gasteiger partial charge on any atom is 0.00104 e. The van der Waals surface area contributed by atoms with E-state index >= 15 is 0 Å². The minimum Gasteiger partial charge on any atom is -0.314 e. The second-order valence-corrected chi connectivity index (χ2v) is 5.67. The molecule has 0 heterocycles. The Morgan fingerprint density at radius 1 is 1.38 bits per heavy atom. The summed E-state index contributed by atoms with van der Waals surface area (Å²) in [5.74, 6) is 2.02. The average Bonchev–Trinajstić information content (AvgIpc) is 2.58. The third-order valence-electron chi connectivity index (χ3n) is 4.02. The van der Waals surface area contributed by atoms with Crippen LogP contribution in [0.25, 0.3) is 0 Å². The zero-order chi connectivity index (χ0) is 9.47. The van der Waals surface area contributed by atoms with Crippen LogP contribution in [0.2, 0.25) is 0 Å². The number of hydrogen-bond acceptors (Lipinski definition) is 1. The molecule has 0 aromatic carbocycles. The van der Waals surface area contributed by atoms with Crippen molar-refractivity contribution in [1.82, 2.24) is 5.32 Å². The summed E-state index contributed by atoms with van der Waals surface area (Å²) in [6.07, 6.45) is 6.02. The summed E-state index contributed by atoms with van der Waals surface area (Å²) in [6.45, 7) is 8.17. The normalized spacial score (nSPS) is 43.4. The molecule has 1 nitrogen and oxygen atoms in total. The molecule has 0 bridgehead atoms. The van der Waals surface area contributed by atoms with Gasteiger partial charge >= 0.3 is 0 Å². The first-order chi connectivity index (χ1) is 6.12. The molecule has 2 saturated carbocycles. The van der Waals surface area contributed by atoms with Gasteiger partial charge < -0.3 is 5.32 Å². The van der Waals surface area contributed by atoms with Crippen LogP contribution >= 0.6 is 0 Å². The van der Waals surface area contributed by atoms with Crippen LogP contribution in [-0.4, -0.2) is 12.6 Å². The Morgan fingerprint density at radius 3 is 2.69 bits per heavy atom. The third-order valence-corrected chi connectivity index (χ3v) is 4.02. The zero-order valence-electron chi connectivity index (χ0n) is 9.27. The number of nitrogens with one attached hydrogen (secondary N) is 1. The lowest BCUT2D eigenvalue weighted by atomic mass is 10.0. The molecule has 3 atom stereocenters. The van der Waals surface area contributed by atoms with Crippen molar-refractivity contribution >= 4 is 0 Å². The standard InChI is InChI=1S/C12H23N/c1-9(2)13-8-11-7-12(11)5-4-10(3)6-12/h9-11,13H,4-8H2,1-3H3. The van der Waals surface area contributed by atoms with Crippen molar-refractivity contribution in [2.75, 3.05) is 6.54 Å². The highest BCUT2D eigenvalue weighted by Gasteiger charge is 2.55. The van der Waals surface area contributed by atoms with E-state index in [0.29, 0.717) is 6.04 Å². The molecule has 0 aromatic rings. The predicted molar refractivity (Wildman–Crippen MR) is 56.7 cm³/mol. The summed E-state index contributed by atoms with van der Waals surface area (Å²) < 4.78 is 0. The Bertz CT molecular complexity index is 188. The molecule has 0 radical (unpaired) electrons. The first-order valence-corrected chi connectivity index (χ1v) is 5.86. The van der Waals surface area contributed by atoms with Crippen LogP contribution in [0.5, 0.6) is 0 Å². The lowest BCUT2D eigenvalue weighted by Crippen LogP contribution is -2.26. The van der Waals surface area contributed by atoms with Crippen LogP contribution in [0.15, 0.2) is 0 Å². The second-order valence-electron chi connectivity index (χ2n) is 5.67. The fourth-order valence-electron chi connectivity index (χ4n) is 3.09. The van der Waals surface area contributed by atoms with Crippen molar-refractivity contribution in [3.05, 3.63) is 0 Å². The Labute approximate surface area is 82.3 Å². The number of rotatable bonds is 3. The maximum absolute atomic E-state index is 3.57. The Kier molecular flexibility index (Phi) is 2.39. The van der Waals surface area contributed by atoms with Crippen LogP contribution in [0.4, 0.5) is 0 Å². The van der Waals surface area contributed by atoms with E-state index in [0.717, 1.165) is 17.3 Å². The van der Waals surface area contributed by atoms with Gasteiger partial charge in [0.05, 0.1) is 0 Å². The minimum absolute atomic E-state index is 0.663. The summed E-state index contributed by atoms with van der Waals surface area (Å²) in [6, 6.07) is 0.663. The van der Waals surface area contributed by atoms with Crippen molar-refractivity contribution in [2.24, 2.45) is 17.3 Å². The highest BCUT2D eigenvalue weighted by molar-refractivity contribution is 5.06. The van der Waals surface area contributed by atoms with Gasteiger partial charge in [0.1, 0.15) is 0 Å². The first kappa shape index (κ1) is 9.51. The van der Waals surface area contributed by atoms with E-state index < -0.39 is 0 Å². The molecule has 0 aromatic heterocycles. The van der Waals surface area contributed by atoms with E-state index in [-0.39, 0.29) is 0 Å². The minimum atomic E-state index is 0.663. The van der Waals surface area contributed by atoms with Crippen molar-refractivity contribution in [2.45, 2.75) is 52.5 Å². The smallest absolute Gasteiger partial charge is 0.00104 e. The van der Waals surface area contributed by atoms with Gasteiger partial charge in [0.15, 0.2) is 0 Å². The third kappa shape index (κ3) is 1.90. The molecule has 2 aliphatic carbocycles. The van der Waals surface area contributed by atoms with Crippen LogP contribution < -0.4 is 5.32 Å². The molecule has 2 aliphatic rings.